The van der Waals surface area contributed by atoms with Gasteiger partial charge in [0.2, 0.25) is 0 Å². The normalized spacial score (nSPS) is 12.6. The highest BCUT2D eigenvalue weighted by Crippen LogP contribution is 2.15. The monoisotopic (exact) mass is 252 g/mol. The van der Waals surface area contributed by atoms with E-state index in [9.17, 15) is 5.11 Å². The maximum absolute atomic E-state index is 9.89. The first-order valence-electron chi connectivity index (χ1n) is 5.29. The number of halogens is 1. The Hall–Kier alpha value is -1.36. The maximum Gasteiger partial charge on any atom is 0.150 e. The van der Waals surface area contributed by atoms with Crippen molar-refractivity contribution in [2.24, 2.45) is 0 Å². The summed E-state index contributed by atoms with van der Waals surface area (Å²) in [4.78, 5) is 0. The summed E-state index contributed by atoms with van der Waals surface area (Å²) >= 11 is 5.77. The lowest BCUT2D eigenvalue weighted by Gasteiger charge is -2.11. The molecule has 0 aliphatic heterocycles. The molecule has 0 spiro atoms. The predicted molar refractivity (Wildman–Crippen MR) is 64.6 cm³/mol. The number of aromatic nitrogens is 1. The standard InChI is InChI=1S/C12H13ClN2O2/c13-10-3-1-9(2-4-10)12(16)8-14-7-11-5-6-15-17-11/h1-6,12,14,16H,7-8H2. The molecule has 0 bridgehead atoms. The topological polar surface area (TPSA) is 58.3 Å². The zero-order valence-corrected chi connectivity index (χ0v) is 9.89. The molecule has 0 saturated heterocycles. The van der Waals surface area contributed by atoms with Gasteiger partial charge in [0.1, 0.15) is 5.76 Å². The van der Waals surface area contributed by atoms with E-state index in [-0.39, 0.29) is 0 Å². The molecule has 0 saturated carbocycles. The minimum atomic E-state index is -0.560. The molecule has 2 aromatic rings. The van der Waals surface area contributed by atoms with E-state index in [2.05, 4.69) is 10.5 Å². The van der Waals surface area contributed by atoms with Gasteiger partial charge in [-0.2, -0.15) is 0 Å². The number of hydrogen-bond donors (Lipinski definition) is 2. The Balaban J connectivity index is 1.81. The number of aliphatic hydroxyl groups excluding tert-OH is 1. The summed E-state index contributed by atoms with van der Waals surface area (Å²) in [6, 6.07) is 8.92. The van der Waals surface area contributed by atoms with Crippen LogP contribution in [0.2, 0.25) is 5.02 Å². The molecule has 4 nitrogen and oxygen atoms in total. The Morgan fingerprint density at radius 3 is 2.71 bits per heavy atom. The number of hydrogen-bond acceptors (Lipinski definition) is 4. The van der Waals surface area contributed by atoms with Gasteiger partial charge in [-0.1, -0.05) is 28.9 Å². The molecule has 1 atom stereocenters. The Kier molecular flexibility index (Phi) is 4.14. The van der Waals surface area contributed by atoms with Crippen LogP contribution in [0.3, 0.4) is 0 Å². The summed E-state index contributed by atoms with van der Waals surface area (Å²) in [6.45, 7) is 0.993. The molecular weight excluding hydrogens is 240 g/mol. The number of nitrogens with one attached hydrogen (secondary N) is 1. The second-order valence-corrected chi connectivity index (χ2v) is 4.11. The average Bonchev–Trinajstić information content (AvgIpc) is 2.83. The van der Waals surface area contributed by atoms with E-state index in [0.29, 0.717) is 18.1 Å². The highest BCUT2D eigenvalue weighted by atomic mass is 35.5. The predicted octanol–water partition coefficient (Wildman–Crippen LogP) is 2.15. The van der Waals surface area contributed by atoms with Gasteiger partial charge in [0.25, 0.3) is 0 Å². The zero-order chi connectivity index (χ0) is 12.1. The fourth-order valence-corrected chi connectivity index (χ4v) is 1.59. The molecule has 1 heterocycles. The molecule has 0 amide bonds. The van der Waals surface area contributed by atoms with E-state index < -0.39 is 6.10 Å². The van der Waals surface area contributed by atoms with Gasteiger partial charge in [-0.15, -0.1) is 0 Å². The molecule has 90 valence electrons. The van der Waals surface area contributed by atoms with Gasteiger partial charge < -0.3 is 14.9 Å². The number of benzene rings is 1. The molecule has 5 heteroatoms. The average molecular weight is 253 g/mol. The quantitative estimate of drug-likeness (QED) is 0.856. The first-order chi connectivity index (χ1) is 8.25. The van der Waals surface area contributed by atoms with Crippen molar-refractivity contribution in [2.45, 2.75) is 12.6 Å². The summed E-state index contributed by atoms with van der Waals surface area (Å²) in [5.41, 5.74) is 0.833. The van der Waals surface area contributed by atoms with Crippen molar-refractivity contribution in [3.63, 3.8) is 0 Å². The van der Waals surface area contributed by atoms with Crippen molar-refractivity contribution < 1.29 is 9.63 Å². The molecular formula is C12H13ClN2O2. The van der Waals surface area contributed by atoms with Gasteiger partial charge in [-0.25, -0.2) is 0 Å². The number of rotatable bonds is 5. The summed E-state index contributed by atoms with van der Waals surface area (Å²) in [5.74, 6) is 0.744. The minimum Gasteiger partial charge on any atom is -0.387 e. The fraction of sp³-hybridized carbons (Fsp3) is 0.250. The second-order valence-electron chi connectivity index (χ2n) is 3.68. The Morgan fingerprint density at radius 2 is 2.06 bits per heavy atom. The Bertz CT molecular complexity index is 442. The van der Waals surface area contributed by atoms with Gasteiger partial charge in [0, 0.05) is 17.6 Å². The molecule has 0 fully saturated rings. The van der Waals surface area contributed by atoms with E-state index in [1.54, 1.807) is 24.4 Å². The van der Waals surface area contributed by atoms with E-state index in [1.807, 2.05) is 12.1 Å². The van der Waals surface area contributed by atoms with Crippen LogP contribution in [0.1, 0.15) is 17.4 Å². The van der Waals surface area contributed by atoms with Crippen LogP contribution in [0.25, 0.3) is 0 Å². The lowest BCUT2D eigenvalue weighted by Crippen LogP contribution is -2.20. The largest absolute Gasteiger partial charge is 0.387 e. The SMILES string of the molecule is OC(CNCc1ccno1)c1ccc(Cl)cc1. The molecule has 0 aliphatic rings. The van der Waals surface area contributed by atoms with Crippen LogP contribution in [0.5, 0.6) is 0 Å². The highest BCUT2D eigenvalue weighted by molar-refractivity contribution is 6.30. The summed E-state index contributed by atoms with van der Waals surface area (Å²) in [6.07, 6.45) is 1.03. The van der Waals surface area contributed by atoms with E-state index in [4.69, 9.17) is 16.1 Å². The lowest BCUT2D eigenvalue weighted by atomic mass is 10.1. The van der Waals surface area contributed by atoms with E-state index >= 15 is 0 Å². The van der Waals surface area contributed by atoms with Crippen LogP contribution in [0, 0.1) is 0 Å². The molecule has 2 rings (SSSR count). The zero-order valence-electron chi connectivity index (χ0n) is 9.14. The van der Waals surface area contributed by atoms with Crippen LogP contribution in [-0.4, -0.2) is 16.8 Å². The molecule has 0 radical (unpaired) electrons. The van der Waals surface area contributed by atoms with Crippen LogP contribution >= 0.6 is 11.6 Å². The number of nitrogens with zero attached hydrogens (tertiary/aromatic N) is 1. The van der Waals surface area contributed by atoms with E-state index in [0.717, 1.165) is 11.3 Å². The summed E-state index contributed by atoms with van der Waals surface area (Å²) in [5, 5.41) is 17.2. The molecule has 1 aromatic heterocycles. The maximum atomic E-state index is 9.89. The van der Waals surface area contributed by atoms with Gasteiger partial charge in [0.05, 0.1) is 18.8 Å². The third-order valence-corrected chi connectivity index (χ3v) is 2.63. The Labute approximate surface area is 104 Å². The van der Waals surface area contributed by atoms with Crippen molar-refractivity contribution in [1.82, 2.24) is 10.5 Å². The first kappa shape index (κ1) is 12.1. The second kappa shape index (κ2) is 5.82. The van der Waals surface area contributed by atoms with Crippen LogP contribution < -0.4 is 5.32 Å². The summed E-state index contributed by atoms with van der Waals surface area (Å²) in [7, 11) is 0. The van der Waals surface area contributed by atoms with E-state index in [1.165, 1.54) is 0 Å². The van der Waals surface area contributed by atoms with Crippen LogP contribution in [0.4, 0.5) is 0 Å². The number of aliphatic hydroxyl groups is 1. The Morgan fingerprint density at radius 1 is 1.29 bits per heavy atom. The summed E-state index contributed by atoms with van der Waals surface area (Å²) < 4.78 is 4.93. The molecule has 17 heavy (non-hydrogen) atoms. The van der Waals surface area contributed by atoms with Gasteiger partial charge in [-0.05, 0) is 17.7 Å². The van der Waals surface area contributed by atoms with Crippen molar-refractivity contribution in [3.8, 4) is 0 Å². The third-order valence-electron chi connectivity index (χ3n) is 2.38. The minimum absolute atomic E-state index is 0.447. The van der Waals surface area contributed by atoms with Crippen molar-refractivity contribution in [3.05, 3.63) is 52.9 Å². The van der Waals surface area contributed by atoms with Gasteiger partial charge in [-0.3, -0.25) is 0 Å². The van der Waals surface area contributed by atoms with Crippen LogP contribution in [0.15, 0.2) is 41.1 Å². The first-order valence-corrected chi connectivity index (χ1v) is 5.67. The van der Waals surface area contributed by atoms with Gasteiger partial charge in [0.15, 0.2) is 0 Å². The molecule has 0 aliphatic carbocycles. The van der Waals surface area contributed by atoms with Gasteiger partial charge >= 0.3 is 0 Å². The van der Waals surface area contributed by atoms with Crippen molar-refractivity contribution >= 4 is 11.6 Å². The fourth-order valence-electron chi connectivity index (χ4n) is 1.47. The molecule has 1 aromatic carbocycles. The van der Waals surface area contributed by atoms with Crippen LogP contribution in [-0.2, 0) is 6.54 Å². The van der Waals surface area contributed by atoms with Crippen molar-refractivity contribution in [1.29, 1.82) is 0 Å². The third kappa shape index (κ3) is 3.56. The van der Waals surface area contributed by atoms with Crippen molar-refractivity contribution in [2.75, 3.05) is 6.54 Å². The lowest BCUT2D eigenvalue weighted by molar-refractivity contribution is 0.173. The smallest absolute Gasteiger partial charge is 0.150 e. The molecule has 2 N–H and O–H groups in total. The molecule has 1 unspecified atom stereocenters. The highest BCUT2D eigenvalue weighted by Gasteiger charge is 2.07.